The van der Waals surface area contributed by atoms with Crippen LogP contribution in [0.15, 0.2) is 29.3 Å². The van der Waals surface area contributed by atoms with Crippen LogP contribution in [0.2, 0.25) is 0 Å². The Labute approximate surface area is 144 Å². The van der Waals surface area contributed by atoms with Crippen LogP contribution in [0.3, 0.4) is 0 Å². The van der Waals surface area contributed by atoms with Crippen molar-refractivity contribution in [3.8, 4) is 5.75 Å². The Balaban J connectivity index is 1.98. The number of hydrogen-bond donors (Lipinski definition) is 4. The quantitative estimate of drug-likeness (QED) is 0.559. The van der Waals surface area contributed by atoms with E-state index in [1.54, 1.807) is 0 Å². The van der Waals surface area contributed by atoms with E-state index in [4.69, 9.17) is 0 Å². The zero-order valence-electron chi connectivity index (χ0n) is 13.8. The largest absolute Gasteiger partial charge is 0.508 e. The summed E-state index contributed by atoms with van der Waals surface area (Å²) in [5.41, 5.74) is -1.31. The van der Waals surface area contributed by atoms with Crippen molar-refractivity contribution in [1.82, 2.24) is 0 Å². The highest BCUT2D eigenvalue weighted by Gasteiger charge is 2.62. The number of aromatic hydroxyl groups is 1. The summed E-state index contributed by atoms with van der Waals surface area (Å²) in [6.45, 7) is 1.93. The van der Waals surface area contributed by atoms with Gasteiger partial charge in [0.25, 0.3) is 0 Å². The predicted octanol–water partition coefficient (Wildman–Crippen LogP) is 1.03. The summed E-state index contributed by atoms with van der Waals surface area (Å²) in [6, 6.07) is 4.24. The first-order valence-electron chi connectivity index (χ1n) is 8.46. The van der Waals surface area contributed by atoms with Gasteiger partial charge in [-0.05, 0) is 24.8 Å². The van der Waals surface area contributed by atoms with Crippen LogP contribution < -0.4 is 0 Å². The second-order valence-corrected chi connectivity index (χ2v) is 7.50. The number of hydrogen-bond acceptors (Lipinski definition) is 6. The molecule has 0 saturated heterocycles. The number of benzene rings is 1. The summed E-state index contributed by atoms with van der Waals surface area (Å²) in [5, 5.41) is 42.6. The fourth-order valence-corrected chi connectivity index (χ4v) is 4.73. The lowest BCUT2D eigenvalue weighted by Gasteiger charge is -2.51. The molecule has 0 amide bonds. The summed E-state index contributed by atoms with van der Waals surface area (Å²) in [7, 11) is 0. The Morgan fingerprint density at radius 2 is 1.84 bits per heavy atom. The number of fused-ring (bicyclic) bond motifs is 3. The van der Waals surface area contributed by atoms with E-state index in [1.807, 2.05) is 6.92 Å². The average molecular weight is 344 g/mol. The molecule has 3 aliphatic carbocycles. The molecule has 0 unspecified atom stereocenters. The first-order chi connectivity index (χ1) is 11.8. The second kappa shape index (κ2) is 5.24. The molecule has 1 aromatic carbocycles. The monoisotopic (exact) mass is 344 g/mol. The standard InChI is InChI=1S/C19H20O6/c1-8-5-9-7-13(22)19(25)16(14(9)12(21)6-8)17(23)10-3-2-4-11(20)15(10)18(19)24/h2-4,8,13,16,18,20,22,24-25H,5-7H2,1H3/t8-,13-,16+,18+,19-/m1/s1. The summed E-state index contributed by atoms with van der Waals surface area (Å²) in [6.07, 6.45) is -2.17. The van der Waals surface area contributed by atoms with E-state index in [9.17, 15) is 30.0 Å². The molecule has 4 rings (SSSR count). The molecule has 0 heterocycles. The molecular weight excluding hydrogens is 324 g/mol. The average Bonchev–Trinajstić information content (AvgIpc) is 2.54. The third kappa shape index (κ3) is 2.02. The van der Waals surface area contributed by atoms with Crippen LogP contribution in [0.5, 0.6) is 5.75 Å². The molecule has 0 saturated carbocycles. The molecule has 25 heavy (non-hydrogen) atoms. The Hall–Kier alpha value is -2.02. The zero-order valence-corrected chi connectivity index (χ0v) is 13.8. The van der Waals surface area contributed by atoms with Crippen LogP contribution in [0, 0.1) is 11.8 Å². The van der Waals surface area contributed by atoms with Gasteiger partial charge in [-0.1, -0.05) is 24.6 Å². The Morgan fingerprint density at radius 1 is 1.12 bits per heavy atom. The van der Waals surface area contributed by atoms with E-state index < -0.39 is 29.5 Å². The minimum absolute atomic E-state index is 0.0334. The Morgan fingerprint density at radius 3 is 2.56 bits per heavy atom. The number of carbonyl (C=O) groups is 2. The SMILES string of the molecule is C[C@H]1CC(=O)C2=C(C1)C[C@@H](O)[C@@]1(O)[C@@H]2C(=O)c2cccc(O)c2[C@@H]1O. The minimum atomic E-state index is -2.22. The molecule has 3 aliphatic rings. The van der Waals surface area contributed by atoms with Crippen LogP contribution >= 0.6 is 0 Å². The van der Waals surface area contributed by atoms with Crippen molar-refractivity contribution in [3.05, 3.63) is 40.5 Å². The van der Waals surface area contributed by atoms with Gasteiger partial charge in [0.15, 0.2) is 11.6 Å². The molecule has 0 aliphatic heterocycles. The summed E-state index contributed by atoms with van der Waals surface area (Å²) < 4.78 is 0. The van der Waals surface area contributed by atoms with Crippen molar-refractivity contribution in [2.45, 2.75) is 44.0 Å². The maximum atomic E-state index is 13.1. The molecule has 0 spiro atoms. The highest BCUT2D eigenvalue weighted by Crippen LogP contribution is 2.54. The maximum absolute atomic E-state index is 13.1. The van der Waals surface area contributed by atoms with Gasteiger partial charge in [0, 0.05) is 23.1 Å². The van der Waals surface area contributed by atoms with E-state index in [0.29, 0.717) is 12.0 Å². The first kappa shape index (κ1) is 16.4. The predicted molar refractivity (Wildman–Crippen MR) is 86.9 cm³/mol. The van der Waals surface area contributed by atoms with Gasteiger partial charge in [-0.3, -0.25) is 9.59 Å². The van der Waals surface area contributed by atoms with Gasteiger partial charge in [-0.2, -0.15) is 0 Å². The maximum Gasteiger partial charge on any atom is 0.174 e. The van der Waals surface area contributed by atoms with Crippen LogP contribution in [0.4, 0.5) is 0 Å². The number of ketones is 2. The number of aliphatic hydroxyl groups excluding tert-OH is 2. The molecule has 0 bridgehead atoms. The van der Waals surface area contributed by atoms with E-state index >= 15 is 0 Å². The second-order valence-electron chi connectivity index (χ2n) is 7.50. The topological polar surface area (TPSA) is 115 Å². The highest BCUT2D eigenvalue weighted by atomic mass is 16.4. The van der Waals surface area contributed by atoms with Gasteiger partial charge >= 0.3 is 0 Å². The molecule has 6 nitrogen and oxygen atoms in total. The fraction of sp³-hybridized carbons (Fsp3) is 0.474. The molecule has 1 aromatic rings. The Bertz CT molecular complexity index is 825. The van der Waals surface area contributed by atoms with E-state index in [1.165, 1.54) is 18.2 Å². The van der Waals surface area contributed by atoms with Gasteiger partial charge < -0.3 is 20.4 Å². The molecule has 132 valence electrons. The van der Waals surface area contributed by atoms with Crippen molar-refractivity contribution in [2.75, 3.05) is 0 Å². The van der Waals surface area contributed by atoms with Crippen molar-refractivity contribution in [3.63, 3.8) is 0 Å². The number of carbonyl (C=O) groups excluding carboxylic acids is 2. The van der Waals surface area contributed by atoms with Crippen molar-refractivity contribution in [2.24, 2.45) is 11.8 Å². The zero-order chi connectivity index (χ0) is 18.1. The summed E-state index contributed by atoms with van der Waals surface area (Å²) in [5.74, 6) is -2.28. The van der Waals surface area contributed by atoms with Gasteiger partial charge in [0.1, 0.15) is 17.5 Å². The summed E-state index contributed by atoms with van der Waals surface area (Å²) >= 11 is 0. The normalized spacial score (nSPS) is 37.4. The van der Waals surface area contributed by atoms with Gasteiger partial charge in [-0.15, -0.1) is 0 Å². The first-order valence-corrected chi connectivity index (χ1v) is 8.46. The molecule has 4 N–H and O–H groups in total. The number of phenolic OH excluding ortho intramolecular Hbond substituents is 1. The number of rotatable bonds is 0. The lowest BCUT2D eigenvalue weighted by atomic mass is 9.57. The number of aliphatic hydroxyl groups is 3. The highest BCUT2D eigenvalue weighted by molar-refractivity contribution is 6.11. The number of Topliss-reactive ketones (excluding diaryl/α,β-unsaturated/α-hetero) is 2. The van der Waals surface area contributed by atoms with Crippen LogP contribution in [0.25, 0.3) is 0 Å². The van der Waals surface area contributed by atoms with Crippen LogP contribution in [-0.2, 0) is 4.79 Å². The van der Waals surface area contributed by atoms with Gasteiger partial charge in [-0.25, -0.2) is 0 Å². The lowest BCUT2D eigenvalue weighted by molar-refractivity contribution is -0.174. The van der Waals surface area contributed by atoms with Crippen molar-refractivity contribution in [1.29, 1.82) is 0 Å². The molecule has 5 atom stereocenters. The van der Waals surface area contributed by atoms with Crippen LogP contribution in [0.1, 0.15) is 48.2 Å². The molecule has 0 fully saturated rings. The van der Waals surface area contributed by atoms with E-state index in [0.717, 1.165) is 0 Å². The van der Waals surface area contributed by atoms with E-state index in [2.05, 4.69) is 0 Å². The van der Waals surface area contributed by atoms with Gasteiger partial charge in [0.2, 0.25) is 0 Å². The minimum Gasteiger partial charge on any atom is -0.508 e. The van der Waals surface area contributed by atoms with Crippen LogP contribution in [-0.4, -0.2) is 43.7 Å². The molecule has 0 radical (unpaired) electrons. The third-order valence-electron chi connectivity index (χ3n) is 5.86. The van der Waals surface area contributed by atoms with Crippen molar-refractivity contribution >= 4 is 11.6 Å². The fourth-order valence-electron chi connectivity index (χ4n) is 4.73. The van der Waals surface area contributed by atoms with Gasteiger partial charge in [0.05, 0.1) is 12.0 Å². The van der Waals surface area contributed by atoms with Crippen molar-refractivity contribution < 1.29 is 30.0 Å². The number of phenols is 1. The molecular formula is C19H20O6. The van der Waals surface area contributed by atoms with E-state index in [-0.39, 0.29) is 47.0 Å². The Kier molecular flexibility index (Phi) is 3.45. The third-order valence-corrected chi connectivity index (χ3v) is 5.86. The molecule has 6 heteroatoms. The lowest BCUT2D eigenvalue weighted by Crippen LogP contribution is -2.62. The molecule has 0 aromatic heterocycles. The smallest absolute Gasteiger partial charge is 0.174 e. The summed E-state index contributed by atoms with van der Waals surface area (Å²) in [4.78, 5) is 25.7.